The Morgan fingerprint density at radius 1 is 1.47 bits per heavy atom. The number of carboxylic acid groups (broad SMARTS) is 1. The lowest BCUT2D eigenvalue weighted by Gasteiger charge is -2.21. The zero-order chi connectivity index (χ0) is 14.5. The van der Waals surface area contributed by atoms with E-state index in [1.54, 1.807) is 0 Å². The van der Waals surface area contributed by atoms with Gasteiger partial charge in [0.2, 0.25) is 0 Å². The van der Waals surface area contributed by atoms with Crippen molar-refractivity contribution in [1.29, 1.82) is 0 Å². The van der Waals surface area contributed by atoms with Gasteiger partial charge in [0.25, 0.3) is 5.91 Å². The molecule has 0 bridgehead atoms. The first-order chi connectivity index (χ1) is 8.85. The summed E-state index contributed by atoms with van der Waals surface area (Å²) < 4.78 is 3.73. The Labute approximate surface area is 114 Å². The van der Waals surface area contributed by atoms with Crippen LogP contribution in [0.15, 0.2) is 0 Å². The molecule has 0 fully saturated rings. The topological polar surface area (TPSA) is 112 Å². The molecule has 1 heterocycles. The van der Waals surface area contributed by atoms with E-state index in [4.69, 9.17) is 5.11 Å². The van der Waals surface area contributed by atoms with Crippen LogP contribution < -0.4 is 5.32 Å². The molecule has 1 atom stereocenters. The van der Waals surface area contributed by atoms with Crippen molar-refractivity contribution in [3.05, 3.63) is 10.6 Å². The fraction of sp³-hybridized carbons (Fsp3) is 0.636. The van der Waals surface area contributed by atoms with Crippen molar-refractivity contribution in [3.63, 3.8) is 0 Å². The third-order valence-electron chi connectivity index (χ3n) is 2.41. The number of nitrogens with zero attached hydrogens (tertiary/aromatic N) is 2. The molecule has 3 N–H and O–H groups in total. The summed E-state index contributed by atoms with van der Waals surface area (Å²) in [5.41, 5.74) is -0.854. The van der Waals surface area contributed by atoms with Crippen LogP contribution in [-0.2, 0) is 11.2 Å². The maximum atomic E-state index is 11.9. The first-order valence-corrected chi connectivity index (χ1v) is 6.66. The van der Waals surface area contributed by atoms with Crippen LogP contribution in [0.1, 0.15) is 42.1 Å². The summed E-state index contributed by atoms with van der Waals surface area (Å²) in [7, 11) is 0. The number of carbonyl (C=O) groups excluding carboxylic acids is 1. The summed E-state index contributed by atoms with van der Waals surface area (Å²) in [6, 6.07) is 0. The summed E-state index contributed by atoms with van der Waals surface area (Å²) in [6.45, 7) is 3.19. The highest BCUT2D eigenvalue weighted by molar-refractivity contribution is 7.08. The number of carboxylic acids is 1. The van der Waals surface area contributed by atoms with Gasteiger partial charge < -0.3 is 15.5 Å². The van der Waals surface area contributed by atoms with Crippen LogP contribution in [0.4, 0.5) is 0 Å². The maximum Gasteiger partial charge on any atom is 0.306 e. The van der Waals surface area contributed by atoms with Gasteiger partial charge in [-0.15, -0.1) is 5.10 Å². The van der Waals surface area contributed by atoms with Crippen LogP contribution >= 0.6 is 11.5 Å². The molecule has 1 aromatic heterocycles. The zero-order valence-electron chi connectivity index (χ0n) is 10.8. The molecule has 0 aliphatic rings. The van der Waals surface area contributed by atoms with Gasteiger partial charge in [0, 0.05) is 6.54 Å². The monoisotopic (exact) mass is 287 g/mol. The van der Waals surface area contributed by atoms with Crippen molar-refractivity contribution in [3.8, 4) is 0 Å². The van der Waals surface area contributed by atoms with Crippen LogP contribution in [0.2, 0.25) is 0 Å². The molecule has 0 spiro atoms. The normalized spacial score (nSPS) is 13.8. The molecule has 1 rings (SSSR count). The van der Waals surface area contributed by atoms with Crippen LogP contribution in [-0.4, -0.2) is 43.8 Å². The van der Waals surface area contributed by atoms with Crippen molar-refractivity contribution in [2.45, 2.75) is 38.7 Å². The van der Waals surface area contributed by atoms with Crippen molar-refractivity contribution in [2.24, 2.45) is 0 Å². The number of carbonyl (C=O) groups is 2. The second-order valence-corrected chi connectivity index (χ2v) is 5.30. The molecule has 19 heavy (non-hydrogen) atoms. The van der Waals surface area contributed by atoms with Crippen LogP contribution in [0.3, 0.4) is 0 Å². The highest BCUT2D eigenvalue weighted by Gasteiger charge is 2.26. The maximum absolute atomic E-state index is 11.9. The lowest BCUT2D eigenvalue weighted by atomic mass is 10.0. The molecule has 1 amide bonds. The molecular formula is C11H17N3O4S. The Bertz CT molecular complexity index is 459. The predicted octanol–water partition coefficient (Wildman–Crippen LogP) is 0.446. The number of aromatic nitrogens is 2. The Kier molecular flexibility index (Phi) is 5.37. The van der Waals surface area contributed by atoms with E-state index in [2.05, 4.69) is 14.9 Å². The molecule has 0 aliphatic heterocycles. The molecule has 106 valence electrons. The van der Waals surface area contributed by atoms with E-state index in [-0.39, 0.29) is 12.5 Å². The van der Waals surface area contributed by atoms with Crippen LogP contribution in [0.25, 0.3) is 0 Å². The molecule has 0 radical (unpaired) electrons. The van der Waals surface area contributed by atoms with Crippen molar-refractivity contribution >= 4 is 23.4 Å². The SMILES string of the molecule is CCCc1nnsc1C(=O)NCC(C)(O)CC(=O)O. The van der Waals surface area contributed by atoms with E-state index in [9.17, 15) is 14.7 Å². The predicted molar refractivity (Wildman–Crippen MR) is 69.1 cm³/mol. The number of rotatable bonds is 7. The highest BCUT2D eigenvalue weighted by Crippen LogP contribution is 2.13. The fourth-order valence-electron chi connectivity index (χ4n) is 1.52. The molecule has 1 unspecified atom stereocenters. The minimum absolute atomic E-state index is 0.137. The van der Waals surface area contributed by atoms with Crippen molar-refractivity contribution < 1.29 is 19.8 Å². The van der Waals surface area contributed by atoms with Crippen molar-refractivity contribution in [2.75, 3.05) is 6.54 Å². The number of nitrogens with one attached hydrogen (secondary N) is 1. The number of aliphatic hydroxyl groups is 1. The third-order valence-corrected chi connectivity index (χ3v) is 3.18. The summed E-state index contributed by atoms with van der Waals surface area (Å²) >= 11 is 0.991. The first-order valence-electron chi connectivity index (χ1n) is 5.89. The Morgan fingerprint density at radius 2 is 2.16 bits per heavy atom. The van der Waals surface area contributed by atoms with Gasteiger partial charge in [0.15, 0.2) is 0 Å². The molecule has 0 saturated heterocycles. The van der Waals surface area contributed by atoms with Gasteiger partial charge in [-0.3, -0.25) is 9.59 Å². The first kappa shape index (κ1) is 15.5. The molecule has 7 nitrogen and oxygen atoms in total. The standard InChI is InChI=1S/C11H17N3O4S/c1-3-4-7-9(19-14-13-7)10(17)12-6-11(2,18)5-8(15)16/h18H,3-6H2,1-2H3,(H,12,17)(H,15,16). The largest absolute Gasteiger partial charge is 0.481 e. The van der Waals surface area contributed by atoms with E-state index >= 15 is 0 Å². The number of hydrogen-bond donors (Lipinski definition) is 3. The lowest BCUT2D eigenvalue weighted by Crippen LogP contribution is -2.42. The summed E-state index contributed by atoms with van der Waals surface area (Å²) in [4.78, 5) is 22.8. The van der Waals surface area contributed by atoms with E-state index in [1.165, 1.54) is 6.92 Å². The molecule has 0 aliphatic carbocycles. The van der Waals surface area contributed by atoms with Gasteiger partial charge in [-0.25, -0.2) is 0 Å². The Hall–Kier alpha value is -1.54. The Morgan fingerprint density at radius 3 is 2.74 bits per heavy atom. The second kappa shape index (κ2) is 6.58. The quantitative estimate of drug-likeness (QED) is 0.671. The minimum atomic E-state index is -1.48. The average Bonchev–Trinajstić information content (AvgIpc) is 2.73. The van der Waals surface area contributed by atoms with Gasteiger partial charge in [-0.2, -0.15) is 0 Å². The highest BCUT2D eigenvalue weighted by atomic mass is 32.1. The van der Waals surface area contributed by atoms with E-state index in [0.29, 0.717) is 17.0 Å². The number of hydrogen-bond acceptors (Lipinski definition) is 6. The summed E-state index contributed by atoms with van der Waals surface area (Å²) in [5.74, 6) is -1.51. The molecule has 0 aromatic carbocycles. The third kappa shape index (κ3) is 4.92. The fourth-order valence-corrected chi connectivity index (χ4v) is 2.15. The lowest BCUT2D eigenvalue weighted by molar-refractivity contribution is -0.141. The molecule has 8 heteroatoms. The zero-order valence-corrected chi connectivity index (χ0v) is 11.7. The number of aliphatic carboxylic acids is 1. The van der Waals surface area contributed by atoms with Gasteiger partial charge in [0.1, 0.15) is 4.88 Å². The van der Waals surface area contributed by atoms with E-state index in [0.717, 1.165) is 18.0 Å². The number of amides is 1. The molecule has 0 saturated carbocycles. The van der Waals surface area contributed by atoms with Gasteiger partial charge in [-0.1, -0.05) is 17.8 Å². The van der Waals surface area contributed by atoms with Crippen LogP contribution in [0.5, 0.6) is 0 Å². The minimum Gasteiger partial charge on any atom is -0.481 e. The second-order valence-electron chi connectivity index (χ2n) is 4.55. The van der Waals surface area contributed by atoms with Crippen LogP contribution in [0, 0.1) is 0 Å². The average molecular weight is 287 g/mol. The van der Waals surface area contributed by atoms with Gasteiger partial charge in [-0.05, 0) is 24.9 Å². The summed E-state index contributed by atoms with van der Waals surface area (Å²) in [5, 5.41) is 24.8. The molecule has 1 aromatic rings. The van der Waals surface area contributed by atoms with Crippen molar-refractivity contribution in [1.82, 2.24) is 14.9 Å². The van der Waals surface area contributed by atoms with E-state index < -0.39 is 18.0 Å². The molecular weight excluding hydrogens is 270 g/mol. The summed E-state index contributed by atoms with van der Waals surface area (Å²) in [6.07, 6.45) is 1.07. The van der Waals surface area contributed by atoms with E-state index in [1.807, 2.05) is 6.92 Å². The smallest absolute Gasteiger partial charge is 0.306 e. The van der Waals surface area contributed by atoms with Gasteiger partial charge >= 0.3 is 5.97 Å². The Balaban J connectivity index is 2.60. The van der Waals surface area contributed by atoms with Gasteiger partial charge in [0.05, 0.1) is 17.7 Å². The number of aryl methyl sites for hydroxylation is 1.